The molecule has 2 aromatic rings. The average Bonchev–Trinajstić information content (AvgIpc) is 2.65. The van der Waals surface area contributed by atoms with E-state index in [9.17, 15) is 9.59 Å². The minimum atomic E-state index is -0.648. The molecule has 5 nitrogen and oxygen atoms in total. The number of aryl methyl sites for hydroxylation is 1. The van der Waals surface area contributed by atoms with E-state index >= 15 is 0 Å². The molecule has 27 heavy (non-hydrogen) atoms. The molecular formula is C20H21Cl2NO4. The zero-order valence-corrected chi connectivity index (χ0v) is 16.9. The summed E-state index contributed by atoms with van der Waals surface area (Å²) in [5, 5.41) is 3.20. The van der Waals surface area contributed by atoms with Crippen molar-refractivity contribution >= 4 is 40.8 Å². The van der Waals surface area contributed by atoms with Crippen LogP contribution in [0.15, 0.2) is 36.4 Å². The van der Waals surface area contributed by atoms with Crippen LogP contribution >= 0.6 is 23.2 Å². The third-order valence-corrected chi connectivity index (χ3v) is 4.60. The highest BCUT2D eigenvalue weighted by Gasteiger charge is 2.14. The topological polar surface area (TPSA) is 64.6 Å². The summed E-state index contributed by atoms with van der Waals surface area (Å²) in [6, 6.07) is 10.8. The summed E-state index contributed by atoms with van der Waals surface area (Å²) in [5.74, 6) is -0.315. The smallest absolute Gasteiger partial charge is 0.344 e. The van der Waals surface area contributed by atoms with Crippen molar-refractivity contribution in [2.24, 2.45) is 0 Å². The van der Waals surface area contributed by atoms with Crippen molar-refractivity contribution in [3.8, 4) is 5.75 Å². The van der Waals surface area contributed by atoms with Gasteiger partial charge >= 0.3 is 5.97 Å². The maximum atomic E-state index is 12.0. The van der Waals surface area contributed by atoms with Crippen LogP contribution < -0.4 is 10.1 Å². The molecule has 0 unspecified atom stereocenters. The lowest BCUT2D eigenvalue weighted by atomic mass is 10.0. The molecule has 2 aromatic carbocycles. The summed E-state index contributed by atoms with van der Waals surface area (Å²) in [6.07, 6.45) is 0. The summed E-state index contributed by atoms with van der Waals surface area (Å²) >= 11 is 12.2. The van der Waals surface area contributed by atoms with Gasteiger partial charge in [-0.05, 0) is 36.1 Å². The van der Waals surface area contributed by atoms with Crippen LogP contribution in [-0.2, 0) is 14.3 Å². The monoisotopic (exact) mass is 409 g/mol. The maximum absolute atomic E-state index is 12.0. The maximum Gasteiger partial charge on any atom is 0.344 e. The Morgan fingerprint density at radius 2 is 1.78 bits per heavy atom. The molecule has 2 rings (SSSR count). The third-order valence-electron chi connectivity index (χ3n) is 3.80. The molecule has 1 amide bonds. The number of ether oxygens (including phenoxy) is 2. The Morgan fingerprint density at radius 3 is 2.48 bits per heavy atom. The van der Waals surface area contributed by atoms with Crippen molar-refractivity contribution < 1.29 is 19.1 Å². The molecule has 0 aliphatic heterocycles. The fraction of sp³-hybridized carbons (Fsp3) is 0.300. The lowest BCUT2D eigenvalue weighted by Crippen LogP contribution is -2.24. The van der Waals surface area contributed by atoms with Gasteiger partial charge in [0.1, 0.15) is 5.75 Å². The lowest BCUT2D eigenvalue weighted by molar-refractivity contribution is -0.149. The van der Waals surface area contributed by atoms with Crippen molar-refractivity contribution in [3.63, 3.8) is 0 Å². The van der Waals surface area contributed by atoms with Crippen LogP contribution in [0.2, 0.25) is 10.0 Å². The average molecular weight is 410 g/mol. The lowest BCUT2D eigenvalue weighted by Gasteiger charge is -2.14. The number of anilines is 1. The van der Waals surface area contributed by atoms with E-state index in [0.29, 0.717) is 21.5 Å². The van der Waals surface area contributed by atoms with Crippen molar-refractivity contribution in [1.29, 1.82) is 0 Å². The molecule has 0 saturated heterocycles. The van der Waals surface area contributed by atoms with Crippen LogP contribution in [0, 0.1) is 6.92 Å². The van der Waals surface area contributed by atoms with Gasteiger partial charge in [0.15, 0.2) is 13.2 Å². The number of carbonyl (C=O) groups excluding carboxylic acids is 2. The molecule has 0 heterocycles. The second kappa shape index (κ2) is 9.62. The first-order chi connectivity index (χ1) is 12.8. The fourth-order valence-electron chi connectivity index (χ4n) is 2.36. The van der Waals surface area contributed by atoms with E-state index < -0.39 is 18.5 Å². The number of rotatable bonds is 7. The van der Waals surface area contributed by atoms with Gasteiger partial charge in [-0.2, -0.15) is 0 Å². The van der Waals surface area contributed by atoms with E-state index in [4.69, 9.17) is 32.7 Å². The SMILES string of the molecule is Cc1ccc(Cl)c(NC(=O)COC(=O)COc2ccccc2C(C)C)c1Cl. The molecule has 7 heteroatoms. The third kappa shape index (κ3) is 5.88. The zero-order chi connectivity index (χ0) is 20.0. The fourth-order valence-corrected chi connectivity index (χ4v) is 2.83. The first-order valence-corrected chi connectivity index (χ1v) is 9.17. The Morgan fingerprint density at radius 1 is 1.07 bits per heavy atom. The summed E-state index contributed by atoms with van der Waals surface area (Å²) in [5.41, 5.74) is 2.05. The van der Waals surface area contributed by atoms with Crippen molar-refractivity contribution in [3.05, 3.63) is 57.6 Å². The number of hydrogen-bond donors (Lipinski definition) is 1. The number of nitrogens with one attached hydrogen (secondary N) is 1. The van der Waals surface area contributed by atoms with Crippen molar-refractivity contribution in [2.75, 3.05) is 18.5 Å². The summed E-state index contributed by atoms with van der Waals surface area (Å²) in [4.78, 5) is 23.9. The Hall–Kier alpha value is -2.24. The summed E-state index contributed by atoms with van der Waals surface area (Å²) in [7, 11) is 0. The number of amides is 1. The van der Waals surface area contributed by atoms with Gasteiger partial charge in [-0.3, -0.25) is 4.79 Å². The number of hydrogen-bond acceptors (Lipinski definition) is 4. The van der Waals surface area contributed by atoms with E-state index in [1.54, 1.807) is 25.1 Å². The van der Waals surface area contributed by atoms with Gasteiger partial charge in [0.25, 0.3) is 5.91 Å². The Balaban J connectivity index is 1.86. The molecule has 0 spiro atoms. The molecule has 0 aromatic heterocycles. The highest BCUT2D eigenvalue weighted by atomic mass is 35.5. The van der Waals surface area contributed by atoms with E-state index in [1.807, 2.05) is 32.0 Å². The Kier molecular flexibility index (Phi) is 7.51. The number of esters is 1. The van der Waals surface area contributed by atoms with Crippen molar-refractivity contribution in [2.45, 2.75) is 26.7 Å². The Bertz CT molecular complexity index is 837. The molecule has 0 fully saturated rings. The standard InChI is InChI=1S/C20H21Cl2NO4/c1-12(2)14-6-4-5-7-16(14)26-11-18(25)27-10-17(24)23-20-15(21)9-8-13(3)19(20)22/h4-9,12H,10-11H2,1-3H3,(H,23,24). The van der Waals surface area contributed by atoms with Gasteiger partial charge in [-0.1, -0.05) is 61.3 Å². The summed E-state index contributed by atoms with van der Waals surface area (Å²) < 4.78 is 10.5. The van der Waals surface area contributed by atoms with Crippen LogP contribution in [0.3, 0.4) is 0 Å². The molecular weight excluding hydrogens is 389 g/mol. The van der Waals surface area contributed by atoms with E-state index in [-0.39, 0.29) is 12.5 Å². The molecule has 0 radical (unpaired) electrons. The number of halogens is 2. The van der Waals surface area contributed by atoms with E-state index in [0.717, 1.165) is 11.1 Å². The zero-order valence-electron chi connectivity index (χ0n) is 15.3. The van der Waals surface area contributed by atoms with Gasteiger partial charge < -0.3 is 14.8 Å². The predicted molar refractivity (Wildman–Crippen MR) is 107 cm³/mol. The van der Waals surface area contributed by atoms with Crippen LogP contribution in [0.1, 0.15) is 30.9 Å². The normalized spacial score (nSPS) is 10.6. The Labute approximate surface area is 168 Å². The van der Waals surface area contributed by atoms with E-state index in [2.05, 4.69) is 5.32 Å². The minimum Gasteiger partial charge on any atom is -0.482 e. The molecule has 0 bridgehead atoms. The van der Waals surface area contributed by atoms with E-state index in [1.165, 1.54) is 0 Å². The van der Waals surface area contributed by atoms with Gasteiger partial charge in [0.2, 0.25) is 0 Å². The minimum absolute atomic E-state index is 0.256. The van der Waals surface area contributed by atoms with Gasteiger partial charge in [-0.25, -0.2) is 4.79 Å². The second-order valence-corrected chi connectivity index (χ2v) is 7.03. The van der Waals surface area contributed by atoms with Crippen molar-refractivity contribution in [1.82, 2.24) is 0 Å². The quantitative estimate of drug-likeness (QED) is 0.654. The summed E-state index contributed by atoms with van der Waals surface area (Å²) in [6.45, 7) is 5.11. The molecule has 0 saturated carbocycles. The predicted octanol–water partition coefficient (Wildman–Crippen LogP) is 4.99. The molecule has 0 atom stereocenters. The first kappa shape index (κ1) is 21.1. The largest absolute Gasteiger partial charge is 0.482 e. The van der Waals surface area contributed by atoms with Crippen LogP contribution in [0.25, 0.3) is 0 Å². The number of benzene rings is 2. The molecule has 1 N–H and O–H groups in total. The number of carbonyl (C=O) groups is 2. The van der Waals surface area contributed by atoms with Gasteiger partial charge in [-0.15, -0.1) is 0 Å². The van der Waals surface area contributed by atoms with Gasteiger partial charge in [0.05, 0.1) is 15.7 Å². The van der Waals surface area contributed by atoms with Crippen LogP contribution in [0.5, 0.6) is 5.75 Å². The van der Waals surface area contributed by atoms with Crippen LogP contribution in [0.4, 0.5) is 5.69 Å². The molecule has 0 aliphatic carbocycles. The highest BCUT2D eigenvalue weighted by molar-refractivity contribution is 6.40. The molecule has 144 valence electrons. The van der Waals surface area contributed by atoms with Gasteiger partial charge in [0, 0.05) is 0 Å². The first-order valence-electron chi connectivity index (χ1n) is 8.41. The number of para-hydroxylation sites is 1. The van der Waals surface area contributed by atoms with Crippen LogP contribution in [-0.4, -0.2) is 25.1 Å². The highest BCUT2D eigenvalue weighted by Crippen LogP contribution is 2.32. The molecule has 0 aliphatic rings. The second-order valence-electron chi connectivity index (χ2n) is 6.24.